The van der Waals surface area contributed by atoms with Crippen molar-refractivity contribution in [1.82, 2.24) is 10.3 Å². The number of benzene rings is 1. The van der Waals surface area contributed by atoms with Crippen molar-refractivity contribution in [2.75, 3.05) is 11.9 Å². The standard InChI is InChI=1S/C16H17F2N3O2/c1-9-10(2)23-15(20-9)11-4-3-5-12(6-11)21-14(22)13-7-16(17,18)8-19-13/h3-6,13,19H,7-8H2,1-2H3,(H,21,22). The predicted molar refractivity (Wildman–Crippen MR) is 81.4 cm³/mol. The fourth-order valence-electron chi connectivity index (χ4n) is 2.46. The minimum absolute atomic E-state index is 0.460. The van der Waals surface area contributed by atoms with Gasteiger partial charge in [-0.05, 0) is 32.0 Å². The van der Waals surface area contributed by atoms with Crippen LogP contribution in [0.2, 0.25) is 0 Å². The van der Waals surface area contributed by atoms with Crippen LogP contribution in [-0.4, -0.2) is 29.4 Å². The molecule has 0 saturated carbocycles. The summed E-state index contributed by atoms with van der Waals surface area (Å²) in [5, 5.41) is 5.18. The van der Waals surface area contributed by atoms with Crippen molar-refractivity contribution in [3.05, 3.63) is 35.7 Å². The maximum Gasteiger partial charge on any atom is 0.262 e. The molecule has 2 aromatic rings. The van der Waals surface area contributed by atoms with E-state index < -0.39 is 30.8 Å². The average Bonchev–Trinajstić information content (AvgIpc) is 3.02. The van der Waals surface area contributed by atoms with Gasteiger partial charge in [-0.3, -0.25) is 10.1 Å². The van der Waals surface area contributed by atoms with E-state index in [-0.39, 0.29) is 0 Å². The number of nitrogens with one attached hydrogen (secondary N) is 2. The molecule has 1 aliphatic rings. The fourth-order valence-corrected chi connectivity index (χ4v) is 2.46. The molecular formula is C16H17F2N3O2. The lowest BCUT2D eigenvalue weighted by atomic mass is 10.1. The van der Waals surface area contributed by atoms with Gasteiger partial charge in [0.15, 0.2) is 0 Å². The molecule has 1 fully saturated rings. The second kappa shape index (κ2) is 5.73. The smallest absolute Gasteiger partial charge is 0.262 e. The van der Waals surface area contributed by atoms with Gasteiger partial charge in [0.1, 0.15) is 5.76 Å². The summed E-state index contributed by atoms with van der Waals surface area (Å²) in [6.07, 6.45) is -0.489. The van der Waals surface area contributed by atoms with Crippen molar-refractivity contribution in [2.45, 2.75) is 32.2 Å². The van der Waals surface area contributed by atoms with Crippen molar-refractivity contribution >= 4 is 11.6 Å². The van der Waals surface area contributed by atoms with Crippen LogP contribution in [0.25, 0.3) is 11.5 Å². The fraction of sp³-hybridized carbons (Fsp3) is 0.375. The van der Waals surface area contributed by atoms with Crippen LogP contribution in [0, 0.1) is 13.8 Å². The number of hydrogen-bond donors (Lipinski definition) is 2. The first-order valence-electron chi connectivity index (χ1n) is 7.31. The molecule has 3 rings (SSSR count). The van der Waals surface area contributed by atoms with E-state index in [4.69, 9.17) is 4.42 Å². The van der Waals surface area contributed by atoms with Crippen LogP contribution in [0.5, 0.6) is 0 Å². The van der Waals surface area contributed by atoms with Crippen molar-refractivity contribution < 1.29 is 18.0 Å². The minimum atomic E-state index is -2.84. The second-order valence-electron chi connectivity index (χ2n) is 5.72. The molecule has 1 aliphatic heterocycles. The molecule has 1 amide bonds. The number of oxazole rings is 1. The molecule has 122 valence electrons. The molecule has 7 heteroatoms. The van der Waals surface area contributed by atoms with Gasteiger partial charge in [-0.2, -0.15) is 0 Å². The average molecular weight is 321 g/mol. The monoisotopic (exact) mass is 321 g/mol. The van der Waals surface area contributed by atoms with E-state index in [2.05, 4.69) is 15.6 Å². The van der Waals surface area contributed by atoms with E-state index in [9.17, 15) is 13.6 Å². The van der Waals surface area contributed by atoms with Gasteiger partial charge < -0.3 is 9.73 Å². The zero-order valence-corrected chi connectivity index (χ0v) is 12.8. The van der Waals surface area contributed by atoms with Crippen LogP contribution in [0.4, 0.5) is 14.5 Å². The van der Waals surface area contributed by atoms with E-state index in [0.29, 0.717) is 17.1 Å². The molecule has 1 aromatic heterocycles. The number of nitrogens with zero attached hydrogens (tertiary/aromatic N) is 1. The molecule has 0 spiro atoms. The molecule has 2 N–H and O–H groups in total. The molecule has 0 radical (unpaired) electrons. The molecule has 1 aromatic carbocycles. The first-order valence-corrected chi connectivity index (χ1v) is 7.31. The first kappa shape index (κ1) is 15.6. The lowest BCUT2D eigenvalue weighted by Gasteiger charge is -2.11. The number of aromatic nitrogens is 1. The quantitative estimate of drug-likeness (QED) is 0.912. The third-order valence-electron chi connectivity index (χ3n) is 3.83. The van der Waals surface area contributed by atoms with E-state index in [1.807, 2.05) is 19.9 Å². The molecule has 5 nitrogen and oxygen atoms in total. The highest BCUT2D eigenvalue weighted by Crippen LogP contribution is 2.27. The number of aryl methyl sites for hydroxylation is 2. The third kappa shape index (κ3) is 3.39. The van der Waals surface area contributed by atoms with Crippen LogP contribution >= 0.6 is 0 Å². The number of carbonyl (C=O) groups excluding carboxylic acids is 1. The largest absolute Gasteiger partial charge is 0.441 e. The number of amides is 1. The second-order valence-corrected chi connectivity index (χ2v) is 5.72. The zero-order valence-electron chi connectivity index (χ0n) is 12.8. The summed E-state index contributed by atoms with van der Waals surface area (Å²) in [6, 6.07) is 6.06. The van der Waals surface area contributed by atoms with E-state index in [0.717, 1.165) is 11.5 Å². The zero-order chi connectivity index (χ0) is 16.6. The summed E-state index contributed by atoms with van der Waals surface area (Å²) in [5.41, 5.74) is 2.02. The highest BCUT2D eigenvalue weighted by Gasteiger charge is 2.42. The van der Waals surface area contributed by atoms with Crippen LogP contribution in [0.3, 0.4) is 0 Å². The number of hydrogen-bond acceptors (Lipinski definition) is 4. The minimum Gasteiger partial charge on any atom is -0.441 e. The SMILES string of the molecule is Cc1nc(-c2cccc(NC(=O)C3CC(F)(F)CN3)c2)oc1C. The predicted octanol–water partition coefficient (Wildman–Crippen LogP) is 2.89. The Kier molecular flexibility index (Phi) is 3.89. The summed E-state index contributed by atoms with van der Waals surface area (Å²) < 4.78 is 31.9. The van der Waals surface area contributed by atoms with E-state index in [1.54, 1.807) is 18.2 Å². The molecule has 2 heterocycles. The Balaban J connectivity index is 1.74. The number of alkyl halides is 2. The molecule has 1 saturated heterocycles. The van der Waals surface area contributed by atoms with E-state index >= 15 is 0 Å². The van der Waals surface area contributed by atoms with Gasteiger partial charge in [0.2, 0.25) is 11.8 Å². The lowest BCUT2D eigenvalue weighted by Crippen LogP contribution is -2.35. The summed E-state index contributed by atoms with van der Waals surface area (Å²) >= 11 is 0. The van der Waals surface area contributed by atoms with E-state index in [1.165, 1.54) is 0 Å². The molecule has 0 aliphatic carbocycles. The van der Waals surface area contributed by atoms with Gasteiger partial charge in [-0.15, -0.1) is 0 Å². The normalized spacial score (nSPS) is 19.7. The number of carbonyl (C=O) groups is 1. The Labute approximate surface area is 132 Å². The van der Waals surface area contributed by atoms with Crippen molar-refractivity contribution in [1.29, 1.82) is 0 Å². The van der Waals surface area contributed by atoms with Crippen molar-refractivity contribution in [2.24, 2.45) is 0 Å². The van der Waals surface area contributed by atoms with Gasteiger partial charge in [-0.25, -0.2) is 13.8 Å². The van der Waals surface area contributed by atoms with Gasteiger partial charge in [0.25, 0.3) is 5.92 Å². The first-order chi connectivity index (χ1) is 10.8. The Morgan fingerprint density at radius 1 is 1.43 bits per heavy atom. The van der Waals surface area contributed by atoms with Gasteiger partial charge >= 0.3 is 0 Å². The van der Waals surface area contributed by atoms with Crippen molar-refractivity contribution in [3.8, 4) is 11.5 Å². The van der Waals surface area contributed by atoms with Gasteiger partial charge in [-0.1, -0.05) is 6.07 Å². The molecule has 1 unspecified atom stereocenters. The molecule has 23 heavy (non-hydrogen) atoms. The number of rotatable bonds is 3. The molecule has 1 atom stereocenters. The van der Waals surface area contributed by atoms with Crippen LogP contribution in [0.15, 0.2) is 28.7 Å². The maximum absolute atomic E-state index is 13.2. The number of anilines is 1. The topological polar surface area (TPSA) is 67.2 Å². The summed E-state index contributed by atoms with van der Waals surface area (Å²) in [6.45, 7) is 3.20. The summed E-state index contributed by atoms with van der Waals surface area (Å²) in [7, 11) is 0. The third-order valence-corrected chi connectivity index (χ3v) is 3.83. The summed E-state index contributed by atoms with van der Waals surface area (Å²) in [4.78, 5) is 16.4. The maximum atomic E-state index is 13.2. The molecular weight excluding hydrogens is 304 g/mol. The Bertz CT molecular complexity index is 723. The summed E-state index contributed by atoms with van der Waals surface area (Å²) in [5.74, 6) is -2.12. The number of halogens is 2. The van der Waals surface area contributed by atoms with Crippen LogP contribution in [0.1, 0.15) is 17.9 Å². The van der Waals surface area contributed by atoms with Crippen LogP contribution < -0.4 is 10.6 Å². The Morgan fingerprint density at radius 3 is 2.83 bits per heavy atom. The highest BCUT2D eigenvalue weighted by molar-refractivity contribution is 5.95. The van der Waals surface area contributed by atoms with Gasteiger partial charge in [0, 0.05) is 17.7 Å². The Hall–Kier alpha value is -2.28. The van der Waals surface area contributed by atoms with Crippen LogP contribution in [-0.2, 0) is 4.79 Å². The van der Waals surface area contributed by atoms with Gasteiger partial charge in [0.05, 0.1) is 18.3 Å². The Morgan fingerprint density at radius 2 is 2.22 bits per heavy atom. The highest BCUT2D eigenvalue weighted by atomic mass is 19.3. The lowest BCUT2D eigenvalue weighted by molar-refractivity contribution is -0.118. The molecule has 0 bridgehead atoms. The van der Waals surface area contributed by atoms with Crippen molar-refractivity contribution in [3.63, 3.8) is 0 Å².